The van der Waals surface area contributed by atoms with E-state index in [2.05, 4.69) is 45.2 Å². The standard InChI is InChI=1S/C18H23N7O.C4H10/c1-12-16(26-2)5-6-17(22-12)23-15-8-14(10-25-18(15)20-11-21-25)24-7-3-4-13(19)9-24;1-3-4-2/h5-6,8,10-11,13H,3-4,7,9,19H2,1-2H3,(H,22,23);3-4H2,1-2H3. The highest BCUT2D eigenvalue weighted by Gasteiger charge is 2.19. The van der Waals surface area contributed by atoms with Crippen LogP contribution in [0.4, 0.5) is 17.2 Å². The number of piperidine rings is 1. The van der Waals surface area contributed by atoms with Crippen molar-refractivity contribution >= 4 is 22.8 Å². The molecule has 1 saturated heterocycles. The molecule has 4 rings (SSSR count). The lowest BCUT2D eigenvalue weighted by atomic mass is 10.1. The third-order valence-electron chi connectivity index (χ3n) is 5.20. The minimum atomic E-state index is 0.206. The zero-order valence-corrected chi connectivity index (χ0v) is 18.4. The first kappa shape index (κ1) is 21.8. The van der Waals surface area contributed by atoms with E-state index in [0.717, 1.165) is 60.2 Å². The molecule has 0 spiro atoms. The number of aromatic nitrogens is 4. The molecule has 4 heterocycles. The molecule has 1 aliphatic heterocycles. The monoisotopic (exact) mass is 411 g/mol. The normalized spacial score (nSPS) is 16.2. The SMILES string of the molecule is CCCC.COc1ccc(Nc2cc(N3CCCC(N)C3)cn3ncnc23)nc1C. The summed E-state index contributed by atoms with van der Waals surface area (Å²) in [6.07, 6.45) is 8.36. The van der Waals surface area contributed by atoms with E-state index in [4.69, 9.17) is 10.5 Å². The first-order valence-electron chi connectivity index (χ1n) is 10.7. The molecule has 3 aromatic rings. The number of hydrogen-bond acceptors (Lipinski definition) is 7. The van der Waals surface area contributed by atoms with Crippen molar-refractivity contribution in [2.24, 2.45) is 5.73 Å². The lowest BCUT2D eigenvalue weighted by Crippen LogP contribution is -2.42. The number of nitrogens with two attached hydrogens (primary N) is 1. The van der Waals surface area contributed by atoms with Gasteiger partial charge in [0.1, 0.15) is 17.9 Å². The van der Waals surface area contributed by atoms with Crippen molar-refractivity contribution in [1.82, 2.24) is 19.6 Å². The Morgan fingerprint density at radius 2 is 2.07 bits per heavy atom. The summed E-state index contributed by atoms with van der Waals surface area (Å²) in [7, 11) is 1.64. The van der Waals surface area contributed by atoms with Crippen LogP contribution in [0.5, 0.6) is 5.75 Å². The van der Waals surface area contributed by atoms with Crippen molar-refractivity contribution in [3.63, 3.8) is 0 Å². The lowest BCUT2D eigenvalue weighted by Gasteiger charge is -2.32. The van der Waals surface area contributed by atoms with Crippen LogP contribution in [-0.2, 0) is 0 Å². The minimum Gasteiger partial charge on any atom is -0.495 e. The average molecular weight is 412 g/mol. The fraction of sp³-hybridized carbons (Fsp3) is 0.500. The van der Waals surface area contributed by atoms with Gasteiger partial charge in [-0.25, -0.2) is 14.5 Å². The van der Waals surface area contributed by atoms with Crippen LogP contribution in [-0.4, -0.2) is 45.8 Å². The van der Waals surface area contributed by atoms with E-state index < -0.39 is 0 Å². The largest absolute Gasteiger partial charge is 0.495 e. The predicted octanol–water partition coefficient (Wildman–Crippen LogP) is 3.92. The first-order chi connectivity index (χ1) is 14.5. The quantitative estimate of drug-likeness (QED) is 0.657. The Bertz CT molecular complexity index is 954. The molecule has 0 bridgehead atoms. The molecule has 8 heteroatoms. The van der Waals surface area contributed by atoms with Gasteiger partial charge in [-0.1, -0.05) is 26.7 Å². The number of pyridine rings is 2. The molecule has 3 N–H and O–H groups in total. The highest BCUT2D eigenvalue weighted by molar-refractivity contribution is 5.76. The van der Waals surface area contributed by atoms with E-state index in [9.17, 15) is 0 Å². The maximum Gasteiger partial charge on any atom is 0.178 e. The number of hydrogen-bond donors (Lipinski definition) is 2. The van der Waals surface area contributed by atoms with Crippen molar-refractivity contribution in [3.8, 4) is 5.75 Å². The zero-order valence-electron chi connectivity index (χ0n) is 18.4. The van der Waals surface area contributed by atoms with Crippen molar-refractivity contribution in [3.05, 3.63) is 36.4 Å². The molecule has 0 aliphatic carbocycles. The van der Waals surface area contributed by atoms with Gasteiger partial charge in [0.15, 0.2) is 5.65 Å². The number of aryl methyl sites for hydroxylation is 1. The van der Waals surface area contributed by atoms with Crippen molar-refractivity contribution < 1.29 is 4.74 Å². The van der Waals surface area contributed by atoms with Crippen LogP contribution in [0.1, 0.15) is 45.2 Å². The topological polar surface area (TPSA) is 93.6 Å². The Morgan fingerprint density at radius 3 is 2.73 bits per heavy atom. The number of ether oxygens (including phenoxy) is 1. The highest BCUT2D eigenvalue weighted by Crippen LogP contribution is 2.28. The number of rotatable bonds is 5. The van der Waals surface area contributed by atoms with E-state index in [-0.39, 0.29) is 6.04 Å². The van der Waals surface area contributed by atoms with Crippen LogP contribution in [0.3, 0.4) is 0 Å². The smallest absolute Gasteiger partial charge is 0.178 e. The molecule has 0 radical (unpaired) electrons. The van der Waals surface area contributed by atoms with Crippen LogP contribution in [0, 0.1) is 6.92 Å². The van der Waals surface area contributed by atoms with Gasteiger partial charge in [-0.05, 0) is 38.0 Å². The molecular formula is C22H33N7O. The number of fused-ring (bicyclic) bond motifs is 1. The molecule has 1 aliphatic rings. The summed E-state index contributed by atoms with van der Waals surface area (Å²) >= 11 is 0. The van der Waals surface area contributed by atoms with E-state index in [1.807, 2.05) is 25.3 Å². The summed E-state index contributed by atoms with van der Waals surface area (Å²) in [5.74, 6) is 1.50. The van der Waals surface area contributed by atoms with Gasteiger partial charge < -0.3 is 20.7 Å². The Morgan fingerprint density at radius 1 is 1.27 bits per heavy atom. The second kappa shape index (κ2) is 10.2. The van der Waals surface area contributed by atoms with Crippen LogP contribution >= 0.6 is 0 Å². The van der Waals surface area contributed by atoms with Gasteiger partial charge >= 0.3 is 0 Å². The molecule has 3 aromatic heterocycles. The van der Waals surface area contributed by atoms with Gasteiger partial charge in [0.2, 0.25) is 0 Å². The summed E-state index contributed by atoms with van der Waals surface area (Å²) in [6.45, 7) is 8.12. The van der Waals surface area contributed by atoms with E-state index in [1.54, 1.807) is 18.0 Å². The molecule has 162 valence electrons. The van der Waals surface area contributed by atoms with Crippen molar-refractivity contribution in [2.75, 3.05) is 30.4 Å². The third-order valence-corrected chi connectivity index (χ3v) is 5.20. The summed E-state index contributed by atoms with van der Waals surface area (Å²) in [4.78, 5) is 11.2. The van der Waals surface area contributed by atoms with Gasteiger partial charge in [-0.15, -0.1) is 0 Å². The first-order valence-corrected chi connectivity index (χ1v) is 10.7. The summed E-state index contributed by atoms with van der Waals surface area (Å²) in [5, 5.41) is 7.68. The number of nitrogens with one attached hydrogen (secondary N) is 1. The molecule has 1 atom stereocenters. The Kier molecular flexibility index (Phi) is 7.46. The summed E-state index contributed by atoms with van der Waals surface area (Å²) < 4.78 is 7.07. The Labute approximate surface area is 178 Å². The number of unbranched alkanes of at least 4 members (excludes halogenated alkanes) is 1. The van der Waals surface area contributed by atoms with Gasteiger partial charge in [0.05, 0.1) is 30.4 Å². The molecule has 0 saturated carbocycles. The Balaban J connectivity index is 0.000000589. The third kappa shape index (κ3) is 5.18. The van der Waals surface area contributed by atoms with Gasteiger partial charge in [-0.3, -0.25) is 0 Å². The maximum absolute atomic E-state index is 6.15. The fourth-order valence-electron chi connectivity index (χ4n) is 3.39. The number of anilines is 3. The zero-order chi connectivity index (χ0) is 21.5. The second-order valence-corrected chi connectivity index (χ2v) is 7.60. The minimum absolute atomic E-state index is 0.206. The second-order valence-electron chi connectivity index (χ2n) is 7.60. The fourth-order valence-corrected chi connectivity index (χ4v) is 3.39. The number of methoxy groups -OCH3 is 1. The van der Waals surface area contributed by atoms with Crippen LogP contribution in [0.25, 0.3) is 5.65 Å². The van der Waals surface area contributed by atoms with Crippen molar-refractivity contribution in [1.29, 1.82) is 0 Å². The van der Waals surface area contributed by atoms with E-state index >= 15 is 0 Å². The van der Waals surface area contributed by atoms with Gasteiger partial charge in [0.25, 0.3) is 0 Å². The number of nitrogens with zero attached hydrogens (tertiary/aromatic N) is 5. The van der Waals surface area contributed by atoms with Gasteiger partial charge in [0, 0.05) is 19.1 Å². The van der Waals surface area contributed by atoms with Crippen LogP contribution in [0.15, 0.2) is 30.7 Å². The van der Waals surface area contributed by atoms with Crippen molar-refractivity contribution in [2.45, 2.75) is 52.5 Å². The molecule has 30 heavy (non-hydrogen) atoms. The highest BCUT2D eigenvalue weighted by atomic mass is 16.5. The molecular weight excluding hydrogens is 378 g/mol. The Hall–Kier alpha value is -2.87. The van der Waals surface area contributed by atoms with Gasteiger partial charge in [-0.2, -0.15) is 5.10 Å². The predicted molar refractivity (Wildman–Crippen MR) is 122 cm³/mol. The summed E-state index contributed by atoms with van der Waals surface area (Å²) in [5.41, 5.74) is 9.66. The van der Waals surface area contributed by atoms with Crippen LogP contribution in [0.2, 0.25) is 0 Å². The molecule has 0 aromatic carbocycles. The average Bonchev–Trinajstić information content (AvgIpc) is 3.23. The van der Waals surface area contributed by atoms with E-state index in [1.165, 1.54) is 12.8 Å². The summed E-state index contributed by atoms with van der Waals surface area (Å²) in [6, 6.07) is 6.09. The molecule has 8 nitrogen and oxygen atoms in total. The van der Waals surface area contributed by atoms with Crippen LogP contribution < -0.4 is 20.7 Å². The molecule has 1 unspecified atom stereocenters. The maximum atomic E-state index is 6.15. The lowest BCUT2D eigenvalue weighted by molar-refractivity contribution is 0.409. The molecule has 0 amide bonds. The van der Waals surface area contributed by atoms with E-state index in [0.29, 0.717) is 0 Å². The molecule has 1 fully saturated rings.